The van der Waals surface area contributed by atoms with Gasteiger partial charge < -0.3 is 0 Å². The molecule has 0 aromatic carbocycles. The van der Waals surface area contributed by atoms with Crippen molar-refractivity contribution in [2.45, 2.75) is 12.8 Å². The maximum atomic E-state index is 11.6. The number of hydrogen-bond acceptors (Lipinski definition) is 0. The minimum atomic E-state index is -0.208. The molecule has 0 fully saturated rings. The van der Waals surface area contributed by atoms with Crippen molar-refractivity contribution in [3.63, 3.8) is 0 Å². The predicted octanol–water partition coefficient (Wildman–Crippen LogP) is 1.37. The van der Waals surface area contributed by atoms with Gasteiger partial charge in [-0.2, -0.15) is 0 Å². The molecule has 1 rings (SSSR count). The highest BCUT2D eigenvalue weighted by molar-refractivity contribution is 5.08. The van der Waals surface area contributed by atoms with Gasteiger partial charge in [0.2, 0.25) is 0 Å². The molecule has 0 atom stereocenters. The van der Waals surface area contributed by atoms with E-state index in [0.29, 0.717) is 0 Å². The lowest BCUT2D eigenvalue weighted by Gasteiger charge is -1.96. The zero-order valence-corrected chi connectivity index (χ0v) is 4.08. The molecule has 0 bridgehead atoms. The average Bonchev–Trinajstić information content (AvgIpc) is 2.14. The van der Waals surface area contributed by atoms with Gasteiger partial charge in [-0.1, -0.05) is 0 Å². The molecule has 0 aliphatic heterocycles. The van der Waals surface area contributed by atoms with Gasteiger partial charge in [0.05, 0.1) is 6.67 Å². The maximum Gasteiger partial charge on any atom is 0.0940 e. The lowest BCUT2D eigenvalue weighted by molar-refractivity contribution is 0.378. The van der Waals surface area contributed by atoms with Crippen LogP contribution in [0, 0.1) is 17.8 Å². The molecule has 0 heterocycles. The zero-order valence-electron chi connectivity index (χ0n) is 4.08. The van der Waals surface area contributed by atoms with Gasteiger partial charge in [-0.25, -0.2) is 0 Å². The first-order valence-corrected chi connectivity index (χ1v) is 2.45. The van der Waals surface area contributed by atoms with E-state index < -0.39 is 0 Å². The van der Waals surface area contributed by atoms with E-state index in [4.69, 9.17) is 0 Å². The Hall–Kier alpha value is -0.510. The predicted molar refractivity (Wildman–Crippen MR) is 26.5 cm³/mol. The van der Waals surface area contributed by atoms with Crippen LogP contribution >= 0.6 is 0 Å². The van der Waals surface area contributed by atoms with Gasteiger partial charge >= 0.3 is 0 Å². The molecule has 1 heteroatoms. The molecule has 0 saturated heterocycles. The van der Waals surface area contributed by atoms with Crippen LogP contribution in [0.2, 0.25) is 0 Å². The molecule has 38 valence electrons. The topological polar surface area (TPSA) is 0 Å². The van der Waals surface area contributed by atoms with Crippen molar-refractivity contribution in [2.24, 2.45) is 5.92 Å². The van der Waals surface area contributed by atoms with Crippen LogP contribution in [0.25, 0.3) is 0 Å². The first-order chi connectivity index (χ1) is 3.43. The number of rotatable bonds is 1. The average molecular weight is 98.1 g/mol. The normalized spacial score (nSPS) is 19.0. The van der Waals surface area contributed by atoms with Gasteiger partial charge in [-0.15, -0.1) is 11.8 Å². The minimum absolute atomic E-state index is 0.208. The molecule has 0 unspecified atom stereocenters. The van der Waals surface area contributed by atoms with Gasteiger partial charge in [0.15, 0.2) is 0 Å². The van der Waals surface area contributed by atoms with Crippen LogP contribution in [0.5, 0.6) is 0 Å². The molecule has 1 aliphatic rings. The molecule has 0 spiro atoms. The maximum absolute atomic E-state index is 11.6. The van der Waals surface area contributed by atoms with Crippen molar-refractivity contribution in [1.29, 1.82) is 0 Å². The van der Waals surface area contributed by atoms with E-state index in [1.807, 2.05) is 0 Å². The second-order valence-corrected chi connectivity index (χ2v) is 1.78. The molecular formula is C6H7F. The van der Waals surface area contributed by atoms with Gasteiger partial charge in [-0.05, 0) is 0 Å². The van der Waals surface area contributed by atoms with Gasteiger partial charge in [0, 0.05) is 18.8 Å². The van der Waals surface area contributed by atoms with E-state index in [9.17, 15) is 4.39 Å². The quantitative estimate of drug-likeness (QED) is 0.434. The second kappa shape index (κ2) is 1.97. The lowest BCUT2D eigenvalue weighted by atomic mass is 10.1. The molecule has 0 N–H and O–H groups in total. The number of alkyl halides is 1. The Labute approximate surface area is 42.7 Å². The van der Waals surface area contributed by atoms with Crippen molar-refractivity contribution in [3.05, 3.63) is 0 Å². The molecule has 0 radical (unpaired) electrons. The van der Waals surface area contributed by atoms with Crippen molar-refractivity contribution in [2.75, 3.05) is 6.67 Å². The monoisotopic (exact) mass is 98.1 g/mol. The molecule has 1 aliphatic carbocycles. The molecule has 7 heavy (non-hydrogen) atoms. The summed E-state index contributed by atoms with van der Waals surface area (Å²) in [5.74, 6) is 5.87. The van der Waals surface area contributed by atoms with Crippen molar-refractivity contribution in [1.82, 2.24) is 0 Å². The van der Waals surface area contributed by atoms with E-state index >= 15 is 0 Å². The van der Waals surface area contributed by atoms with E-state index in [0.717, 1.165) is 12.8 Å². The molecule has 0 saturated carbocycles. The Morgan fingerprint density at radius 2 is 2.00 bits per heavy atom. The number of hydrogen-bond donors (Lipinski definition) is 0. The van der Waals surface area contributed by atoms with Gasteiger partial charge in [0.1, 0.15) is 0 Å². The van der Waals surface area contributed by atoms with E-state index in [1.54, 1.807) is 0 Å². The van der Waals surface area contributed by atoms with Crippen molar-refractivity contribution >= 4 is 0 Å². The Balaban J connectivity index is 2.25. The molecule has 0 nitrogen and oxygen atoms in total. The fourth-order valence-corrected chi connectivity index (χ4v) is 0.614. The van der Waals surface area contributed by atoms with Crippen LogP contribution in [-0.2, 0) is 0 Å². The largest absolute Gasteiger partial charge is 0.251 e. The molecule has 0 aromatic rings. The fraction of sp³-hybridized carbons (Fsp3) is 0.667. The smallest absolute Gasteiger partial charge is 0.0940 e. The summed E-state index contributed by atoms with van der Waals surface area (Å²) in [6.45, 7) is -0.208. The van der Waals surface area contributed by atoms with Crippen LogP contribution in [-0.4, -0.2) is 6.67 Å². The molecule has 0 amide bonds. The SMILES string of the molecule is FCC1CC#CC1. The first kappa shape index (κ1) is 4.64. The minimum Gasteiger partial charge on any atom is -0.251 e. The Kier molecular flexibility index (Phi) is 1.31. The first-order valence-electron chi connectivity index (χ1n) is 2.45. The summed E-state index contributed by atoms with van der Waals surface area (Å²) >= 11 is 0. The van der Waals surface area contributed by atoms with Crippen LogP contribution in [0.15, 0.2) is 0 Å². The summed E-state index contributed by atoms with van der Waals surface area (Å²) < 4.78 is 11.6. The van der Waals surface area contributed by atoms with Crippen LogP contribution in [0.3, 0.4) is 0 Å². The summed E-state index contributed by atoms with van der Waals surface area (Å²) in [5, 5.41) is 0. The highest BCUT2D eigenvalue weighted by Gasteiger charge is 2.07. The van der Waals surface area contributed by atoms with Crippen molar-refractivity contribution < 1.29 is 4.39 Å². The van der Waals surface area contributed by atoms with E-state index in [-0.39, 0.29) is 12.6 Å². The summed E-state index contributed by atoms with van der Waals surface area (Å²) in [4.78, 5) is 0. The highest BCUT2D eigenvalue weighted by atomic mass is 19.1. The fourth-order valence-electron chi connectivity index (χ4n) is 0.614. The van der Waals surface area contributed by atoms with Gasteiger partial charge in [-0.3, -0.25) is 4.39 Å². The number of halogens is 1. The standard InChI is InChI=1S/C6H7F/c7-5-6-3-1-2-4-6/h6H,3-5H2. The zero-order chi connectivity index (χ0) is 5.11. The van der Waals surface area contributed by atoms with Crippen LogP contribution in [0.4, 0.5) is 4.39 Å². The Morgan fingerprint density at radius 1 is 1.43 bits per heavy atom. The molecular weight excluding hydrogens is 91.1 g/mol. The van der Waals surface area contributed by atoms with Crippen molar-refractivity contribution in [3.8, 4) is 11.8 Å². The van der Waals surface area contributed by atoms with E-state index in [1.165, 1.54) is 0 Å². The third-order valence-electron chi connectivity index (χ3n) is 1.12. The summed E-state index contributed by atoms with van der Waals surface area (Å²) in [5.41, 5.74) is 0. The van der Waals surface area contributed by atoms with Crippen LogP contribution in [0.1, 0.15) is 12.8 Å². The van der Waals surface area contributed by atoms with Gasteiger partial charge in [0.25, 0.3) is 0 Å². The summed E-state index contributed by atoms with van der Waals surface area (Å²) in [6, 6.07) is 0. The third-order valence-corrected chi connectivity index (χ3v) is 1.12. The molecule has 0 aromatic heterocycles. The second-order valence-electron chi connectivity index (χ2n) is 1.78. The lowest BCUT2D eigenvalue weighted by Crippen LogP contribution is -1.94. The third kappa shape index (κ3) is 0.928. The Morgan fingerprint density at radius 3 is 2.29 bits per heavy atom. The Bertz CT molecular complexity index is 97.1. The summed E-state index contributed by atoms with van der Waals surface area (Å²) in [6.07, 6.45) is 1.55. The van der Waals surface area contributed by atoms with E-state index in [2.05, 4.69) is 11.8 Å². The van der Waals surface area contributed by atoms with Crippen LogP contribution < -0.4 is 0 Å². The summed E-state index contributed by atoms with van der Waals surface area (Å²) in [7, 11) is 0. The highest BCUT2D eigenvalue weighted by Crippen LogP contribution is 2.11.